The van der Waals surface area contributed by atoms with Crippen LogP contribution in [0.4, 0.5) is 16.0 Å². The summed E-state index contributed by atoms with van der Waals surface area (Å²) >= 11 is 0. The fraction of sp³-hybridized carbons (Fsp3) is 0.292. The van der Waals surface area contributed by atoms with Gasteiger partial charge in [-0.1, -0.05) is 6.07 Å². The van der Waals surface area contributed by atoms with E-state index < -0.39 is 0 Å². The van der Waals surface area contributed by atoms with Crippen LogP contribution < -0.4 is 14.8 Å². The molecule has 0 radical (unpaired) electrons. The highest BCUT2D eigenvalue weighted by Crippen LogP contribution is 2.30. The third-order valence-corrected chi connectivity index (χ3v) is 5.52. The Bertz CT molecular complexity index is 1110. The Kier molecular flexibility index (Phi) is 6.49. The number of nitrogens with zero attached hydrogens (tertiary/aromatic N) is 3. The Morgan fingerprint density at radius 3 is 2.81 bits per heavy atom. The van der Waals surface area contributed by atoms with Crippen LogP contribution in [-0.4, -0.2) is 48.1 Å². The lowest BCUT2D eigenvalue weighted by Gasteiger charge is -2.33. The van der Waals surface area contributed by atoms with E-state index >= 15 is 0 Å². The van der Waals surface area contributed by atoms with Crippen LogP contribution in [0.5, 0.6) is 11.5 Å². The van der Waals surface area contributed by atoms with Crippen LogP contribution in [-0.2, 0) is 0 Å². The number of hydrogen-bond acceptors (Lipinski definition) is 6. The molecule has 1 N–H and O–H groups in total. The summed E-state index contributed by atoms with van der Waals surface area (Å²) in [7, 11) is 3.11. The van der Waals surface area contributed by atoms with Gasteiger partial charge in [-0.3, -0.25) is 4.79 Å². The van der Waals surface area contributed by atoms with Crippen LogP contribution in [0.1, 0.15) is 34.8 Å². The molecule has 3 aromatic rings. The van der Waals surface area contributed by atoms with Crippen molar-refractivity contribution in [3.05, 3.63) is 71.8 Å². The van der Waals surface area contributed by atoms with Crippen molar-refractivity contribution in [1.29, 1.82) is 0 Å². The quantitative estimate of drug-likeness (QED) is 0.617. The van der Waals surface area contributed by atoms with Gasteiger partial charge in [-0.05, 0) is 49.2 Å². The smallest absolute Gasteiger partial charge is 0.257 e. The molecule has 2 heterocycles. The molecule has 2 aromatic carbocycles. The molecule has 0 spiro atoms. The summed E-state index contributed by atoms with van der Waals surface area (Å²) in [5, 5.41) is 3.04. The molecule has 1 aliphatic rings. The van der Waals surface area contributed by atoms with Crippen LogP contribution in [0.15, 0.2) is 54.7 Å². The third kappa shape index (κ3) is 4.80. The normalized spacial score (nSPS) is 15.8. The van der Waals surface area contributed by atoms with Gasteiger partial charge in [0.15, 0.2) is 0 Å². The maximum absolute atomic E-state index is 13.5. The second kappa shape index (κ2) is 9.64. The molecule has 0 bridgehead atoms. The Morgan fingerprint density at radius 1 is 1.16 bits per heavy atom. The molecule has 0 saturated carbocycles. The molecule has 1 unspecified atom stereocenters. The van der Waals surface area contributed by atoms with Crippen molar-refractivity contribution >= 4 is 17.5 Å². The van der Waals surface area contributed by atoms with Crippen molar-refractivity contribution in [2.45, 2.75) is 18.8 Å². The zero-order valence-corrected chi connectivity index (χ0v) is 18.0. The molecule has 32 heavy (non-hydrogen) atoms. The van der Waals surface area contributed by atoms with E-state index in [2.05, 4.69) is 15.3 Å². The molecule has 1 aromatic heterocycles. The summed E-state index contributed by atoms with van der Waals surface area (Å²) in [6.07, 6.45) is 3.46. The number of hydrogen-bond donors (Lipinski definition) is 1. The van der Waals surface area contributed by atoms with Gasteiger partial charge < -0.3 is 19.7 Å². The van der Waals surface area contributed by atoms with Gasteiger partial charge in [0, 0.05) is 37.0 Å². The van der Waals surface area contributed by atoms with Crippen LogP contribution in [0.25, 0.3) is 0 Å². The van der Waals surface area contributed by atoms with Crippen molar-refractivity contribution < 1.29 is 18.7 Å². The van der Waals surface area contributed by atoms with E-state index in [-0.39, 0.29) is 17.6 Å². The molecule has 0 aliphatic carbocycles. The third-order valence-electron chi connectivity index (χ3n) is 5.52. The van der Waals surface area contributed by atoms with E-state index in [0.717, 1.165) is 18.5 Å². The van der Waals surface area contributed by atoms with Gasteiger partial charge in [0.05, 0.1) is 25.5 Å². The molecule has 1 saturated heterocycles. The predicted molar refractivity (Wildman–Crippen MR) is 119 cm³/mol. The number of amides is 1. The zero-order valence-electron chi connectivity index (χ0n) is 18.0. The Labute approximate surface area is 186 Å². The highest BCUT2D eigenvalue weighted by atomic mass is 19.1. The standard InChI is InChI=1S/C24H25FN4O3/c1-31-19-8-9-20(22(14-19)32-2)23(30)29-12-4-5-16(15-29)21-10-11-26-24(28-21)27-18-7-3-6-17(25)13-18/h3,6-11,13-14,16H,4-5,12,15H2,1-2H3,(H,26,27,28). The Morgan fingerprint density at radius 2 is 2.03 bits per heavy atom. The van der Waals surface area contributed by atoms with E-state index in [4.69, 9.17) is 9.47 Å². The molecule has 166 valence electrons. The molecule has 8 heteroatoms. The number of halogens is 1. The van der Waals surface area contributed by atoms with E-state index in [1.807, 2.05) is 11.0 Å². The number of nitrogens with one attached hydrogen (secondary N) is 1. The lowest BCUT2D eigenvalue weighted by atomic mass is 9.94. The second-order valence-electron chi connectivity index (χ2n) is 7.60. The number of carbonyl (C=O) groups is 1. The van der Waals surface area contributed by atoms with Crippen LogP contribution in [0, 0.1) is 5.82 Å². The first-order valence-electron chi connectivity index (χ1n) is 10.4. The lowest BCUT2D eigenvalue weighted by Crippen LogP contribution is -2.39. The Balaban J connectivity index is 1.50. The van der Waals surface area contributed by atoms with E-state index in [1.165, 1.54) is 12.1 Å². The van der Waals surface area contributed by atoms with Crippen molar-refractivity contribution in [3.63, 3.8) is 0 Å². The molecule has 1 fully saturated rings. The minimum Gasteiger partial charge on any atom is -0.497 e. The van der Waals surface area contributed by atoms with Gasteiger partial charge in [0.25, 0.3) is 5.91 Å². The molecule has 7 nitrogen and oxygen atoms in total. The van der Waals surface area contributed by atoms with Gasteiger partial charge in [0.1, 0.15) is 17.3 Å². The zero-order chi connectivity index (χ0) is 22.5. The highest BCUT2D eigenvalue weighted by molar-refractivity contribution is 5.97. The van der Waals surface area contributed by atoms with E-state index in [9.17, 15) is 9.18 Å². The maximum Gasteiger partial charge on any atom is 0.257 e. The SMILES string of the molecule is COc1ccc(C(=O)N2CCCC(c3ccnc(Nc4cccc(F)c4)n3)C2)c(OC)c1. The first kappa shape index (κ1) is 21.5. The first-order valence-corrected chi connectivity index (χ1v) is 10.4. The number of anilines is 2. The van der Waals surface area contributed by atoms with Gasteiger partial charge in [0.2, 0.25) is 5.95 Å². The number of carbonyl (C=O) groups excluding carboxylic acids is 1. The van der Waals surface area contributed by atoms with Gasteiger partial charge in [-0.25, -0.2) is 14.4 Å². The monoisotopic (exact) mass is 436 g/mol. The summed E-state index contributed by atoms with van der Waals surface area (Å²) in [4.78, 5) is 23.9. The van der Waals surface area contributed by atoms with Gasteiger partial charge >= 0.3 is 0 Å². The number of methoxy groups -OCH3 is 2. The van der Waals surface area contributed by atoms with Crippen molar-refractivity contribution in [3.8, 4) is 11.5 Å². The molecule has 4 rings (SSSR count). The average Bonchev–Trinajstić information content (AvgIpc) is 2.83. The number of rotatable bonds is 6. The molecule has 1 amide bonds. The number of piperidine rings is 1. The van der Waals surface area contributed by atoms with Gasteiger partial charge in [-0.15, -0.1) is 0 Å². The number of benzene rings is 2. The fourth-order valence-corrected chi connectivity index (χ4v) is 3.90. The summed E-state index contributed by atoms with van der Waals surface area (Å²) in [5.74, 6) is 1.18. The van der Waals surface area contributed by atoms with Gasteiger partial charge in [-0.2, -0.15) is 0 Å². The second-order valence-corrected chi connectivity index (χ2v) is 7.60. The summed E-state index contributed by atoms with van der Waals surface area (Å²) in [6.45, 7) is 1.22. The minimum atomic E-state index is -0.332. The molecule has 1 aliphatic heterocycles. The van der Waals surface area contributed by atoms with E-state index in [1.54, 1.807) is 50.7 Å². The molecule has 1 atom stereocenters. The highest BCUT2D eigenvalue weighted by Gasteiger charge is 2.28. The number of aromatic nitrogens is 2. The summed E-state index contributed by atoms with van der Waals surface area (Å²) < 4.78 is 24.1. The summed E-state index contributed by atoms with van der Waals surface area (Å²) in [5.41, 5.74) is 1.93. The minimum absolute atomic E-state index is 0.0769. The van der Waals surface area contributed by atoms with Crippen molar-refractivity contribution in [2.24, 2.45) is 0 Å². The fourth-order valence-electron chi connectivity index (χ4n) is 3.90. The lowest BCUT2D eigenvalue weighted by molar-refractivity contribution is 0.0702. The summed E-state index contributed by atoms with van der Waals surface area (Å²) in [6, 6.07) is 13.2. The Hall–Kier alpha value is -3.68. The molecular weight excluding hydrogens is 411 g/mol. The number of likely N-dealkylation sites (tertiary alicyclic amines) is 1. The topological polar surface area (TPSA) is 76.6 Å². The van der Waals surface area contributed by atoms with Crippen LogP contribution >= 0.6 is 0 Å². The van der Waals surface area contributed by atoms with Crippen LogP contribution in [0.2, 0.25) is 0 Å². The molecular formula is C24H25FN4O3. The van der Waals surface area contributed by atoms with Crippen molar-refractivity contribution in [1.82, 2.24) is 14.9 Å². The first-order chi connectivity index (χ1) is 15.6. The van der Waals surface area contributed by atoms with E-state index in [0.29, 0.717) is 41.8 Å². The number of ether oxygens (including phenoxy) is 2. The largest absolute Gasteiger partial charge is 0.497 e. The average molecular weight is 436 g/mol. The predicted octanol–water partition coefficient (Wildman–Crippen LogP) is 4.40. The van der Waals surface area contributed by atoms with Crippen molar-refractivity contribution in [2.75, 3.05) is 32.6 Å². The maximum atomic E-state index is 13.5. The van der Waals surface area contributed by atoms with Crippen LogP contribution in [0.3, 0.4) is 0 Å².